The second-order valence-electron chi connectivity index (χ2n) is 4.84. The Balaban J connectivity index is 1.74. The summed E-state index contributed by atoms with van der Waals surface area (Å²) in [5.41, 5.74) is 0. The first-order valence-corrected chi connectivity index (χ1v) is 6.61. The number of fused-ring (bicyclic) bond motifs is 1. The molecule has 1 saturated heterocycles. The summed E-state index contributed by atoms with van der Waals surface area (Å²) in [6.45, 7) is 3.00. The Morgan fingerprint density at radius 3 is 2.89 bits per heavy atom. The average molecular weight is 242 g/mol. The summed E-state index contributed by atoms with van der Waals surface area (Å²) in [5, 5.41) is 5.66. The summed E-state index contributed by atoms with van der Waals surface area (Å²) >= 11 is 0. The van der Waals surface area contributed by atoms with Gasteiger partial charge in [-0.2, -0.15) is 0 Å². The number of ether oxygens (including phenoxy) is 1. The van der Waals surface area contributed by atoms with Crippen LogP contribution in [0, 0.1) is 5.92 Å². The number of piperidine rings is 1. The van der Waals surface area contributed by atoms with Crippen molar-refractivity contribution in [3.8, 4) is 5.88 Å². The van der Waals surface area contributed by atoms with Gasteiger partial charge in [0.2, 0.25) is 5.88 Å². The summed E-state index contributed by atoms with van der Waals surface area (Å²) in [5.74, 6) is 1.43. The van der Waals surface area contributed by atoms with Crippen molar-refractivity contribution < 1.29 is 4.74 Å². The first-order valence-electron chi connectivity index (χ1n) is 6.61. The molecule has 3 rings (SSSR count). The molecule has 0 radical (unpaired) electrons. The Hall–Kier alpha value is -1.61. The van der Waals surface area contributed by atoms with Crippen LogP contribution in [0.2, 0.25) is 0 Å². The van der Waals surface area contributed by atoms with E-state index in [1.165, 1.54) is 18.2 Å². The van der Waals surface area contributed by atoms with Crippen LogP contribution < -0.4 is 10.1 Å². The van der Waals surface area contributed by atoms with Crippen LogP contribution in [0.15, 0.2) is 36.5 Å². The van der Waals surface area contributed by atoms with Crippen LogP contribution in [0.4, 0.5) is 0 Å². The molecule has 0 unspecified atom stereocenters. The van der Waals surface area contributed by atoms with Crippen molar-refractivity contribution in [2.45, 2.75) is 12.8 Å². The predicted octanol–water partition coefficient (Wildman–Crippen LogP) is 2.61. The predicted molar refractivity (Wildman–Crippen MR) is 72.8 cm³/mol. The highest BCUT2D eigenvalue weighted by molar-refractivity contribution is 5.86. The molecule has 2 heterocycles. The molecule has 1 aromatic heterocycles. The van der Waals surface area contributed by atoms with E-state index in [0.717, 1.165) is 31.0 Å². The first-order chi connectivity index (χ1) is 8.93. The molecule has 3 heteroatoms. The number of nitrogens with one attached hydrogen (secondary N) is 1. The molecule has 0 spiro atoms. The zero-order valence-electron chi connectivity index (χ0n) is 10.4. The van der Waals surface area contributed by atoms with Gasteiger partial charge in [0, 0.05) is 11.6 Å². The van der Waals surface area contributed by atoms with Crippen molar-refractivity contribution in [2.75, 3.05) is 19.7 Å². The van der Waals surface area contributed by atoms with Crippen LogP contribution in [0.1, 0.15) is 12.8 Å². The first kappa shape index (κ1) is 11.5. The van der Waals surface area contributed by atoms with E-state index in [0.29, 0.717) is 5.92 Å². The van der Waals surface area contributed by atoms with E-state index in [-0.39, 0.29) is 0 Å². The van der Waals surface area contributed by atoms with E-state index in [4.69, 9.17) is 4.74 Å². The molecule has 94 valence electrons. The van der Waals surface area contributed by atoms with E-state index >= 15 is 0 Å². The summed E-state index contributed by atoms with van der Waals surface area (Å²) in [7, 11) is 0. The molecule has 0 saturated carbocycles. The van der Waals surface area contributed by atoms with Gasteiger partial charge in [-0.1, -0.05) is 18.2 Å². The van der Waals surface area contributed by atoms with Crippen molar-refractivity contribution in [3.63, 3.8) is 0 Å². The molecule has 18 heavy (non-hydrogen) atoms. The van der Waals surface area contributed by atoms with E-state index in [1.54, 1.807) is 0 Å². The fraction of sp³-hybridized carbons (Fsp3) is 0.400. The lowest BCUT2D eigenvalue weighted by Crippen LogP contribution is -2.30. The van der Waals surface area contributed by atoms with Crippen molar-refractivity contribution in [1.29, 1.82) is 0 Å². The third kappa shape index (κ3) is 2.46. The van der Waals surface area contributed by atoms with Crippen LogP contribution in [0.25, 0.3) is 10.8 Å². The van der Waals surface area contributed by atoms with Crippen LogP contribution >= 0.6 is 0 Å². The van der Waals surface area contributed by atoms with E-state index < -0.39 is 0 Å². The monoisotopic (exact) mass is 242 g/mol. The maximum Gasteiger partial charge on any atom is 0.221 e. The Kier molecular flexibility index (Phi) is 3.42. The Morgan fingerprint density at radius 2 is 2.00 bits per heavy atom. The third-order valence-corrected chi connectivity index (χ3v) is 3.55. The number of nitrogens with zero attached hydrogens (tertiary/aromatic N) is 1. The van der Waals surface area contributed by atoms with Gasteiger partial charge >= 0.3 is 0 Å². The van der Waals surface area contributed by atoms with Crippen molar-refractivity contribution >= 4 is 10.8 Å². The van der Waals surface area contributed by atoms with Crippen LogP contribution in [0.3, 0.4) is 0 Å². The van der Waals surface area contributed by atoms with Gasteiger partial charge in [-0.05, 0) is 49.4 Å². The van der Waals surface area contributed by atoms with Gasteiger partial charge in [0.15, 0.2) is 0 Å². The summed E-state index contributed by atoms with van der Waals surface area (Å²) < 4.78 is 5.92. The Labute approximate surface area is 107 Å². The third-order valence-electron chi connectivity index (χ3n) is 3.55. The highest BCUT2D eigenvalue weighted by atomic mass is 16.5. The SMILES string of the molecule is c1ccc2c(OCC3CCNCC3)nccc2c1. The smallest absolute Gasteiger partial charge is 0.221 e. The number of benzene rings is 1. The fourth-order valence-corrected chi connectivity index (χ4v) is 2.45. The van der Waals surface area contributed by atoms with E-state index in [1.807, 2.05) is 24.4 Å². The van der Waals surface area contributed by atoms with Gasteiger partial charge in [0.1, 0.15) is 0 Å². The second kappa shape index (κ2) is 5.36. The molecule has 0 bridgehead atoms. The minimum absolute atomic E-state index is 0.659. The molecule has 2 aromatic rings. The molecule has 1 aromatic carbocycles. The Bertz CT molecular complexity index is 515. The number of pyridine rings is 1. The van der Waals surface area contributed by atoms with Gasteiger partial charge in [-0.25, -0.2) is 4.98 Å². The van der Waals surface area contributed by atoms with E-state index in [9.17, 15) is 0 Å². The maximum atomic E-state index is 5.92. The largest absolute Gasteiger partial charge is 0.477 e. The highest BCUT2D eigenvalue weighted by Gasteiger charge is 2.14. The zero-order chi connectivity index (χ0) is 12.2. The Morgan fingerprint density at radius 1 is 1.17 bits per heavy atom. The molecule has 0 amide bonds. The van der Waals surface area contributed by atoms with Crippen molar-refractivity contribution in [2.24, 2.45) is 5.92 Å². The molecule has 1 aliphatic rings. The van der Waals surface area contributed by atoms with Crippen molar-refractivity contribution in [3.05, 3.63) is 36.5 Å². The molecular weight excluding hydrogens is 224 g/mol. The molecule has 0 aliphatic carbocycles. The summed E-state index contributed by atoms with van der Waals surface area (Å²) in [4.78, 5) is 4.35. The lowest BCUT2D eigenvalue weighted by molar-refractivity contribution is 0.211. The molecule has 3 nitrogen and oxygen atoms in total. The number of rotatable bonds is 3. The minimum atomic E-state index is 0.659. The zero-order valence-corrected chi connectivity index (χ0v) is 10.4. The number of hydrogen-bond donors (Lipinski definition) is 1. The lowest BCUT2D eigenvalue weighted by Gasteiger charge is -2.22. The molecule has 1 fully saturated rings. The quantitative estimate of drug-likeness (QED) is 0.898. The molecular formula is C15H18N2O. The van der Waals surface area contributed by atoms with Gasteiger partial charge in [0.25, 0.3) is 0 Å². The average Bonchev–Trinajstić information content (AvgIpc) is 2.46. The highest BCUT2D eigenvalue weighted by Crippen LogP contribution is 2.23. The topological polar surface area (TPSA) is 34.1 Å². The van der Waals surface area contributed by atoms with Crippen LogP contribution in [-0.2, 0) is 0 Å². The minimum Gasteiger partial charge on any atom is -0.477 e. The summed E-state index contributed by atoms with van der Waals surface area (Å²) in [6.07, 6.45) is 4.22. The maximum absolute atomic E-state index is 5.92. The second-order valence-corrected chi connectivity index (χ2v) is 4.84. The van der Waals surface area contributed by atoms with E-state index in [2.05, 4.69) is 22.4 Å². The van der Waals surface area contributed by atoms with Crippen LogP contribution in [0.5, 0.6) is 5.88 Å². The normalized spacial score (nSPS) is 16.9. The van der Waals surface area contributed by atoms with Gasteiger partial charge in [-0.15, -0.1) is 0 Å². The molecule has 1 N–H and O–H groups in total. The van der Waals surface area contributed by atoms with Gasteiger partial charge in [-0.3, -0.25) is 0 Å². The standard InChI is InChI=1S/C15H18N2O/c1-2-4-14-13(3-1)7-10-17-15(14)18-11-12-5-8-16-9-6-12/h1-4,7,10,12,16H,5-6,8-9,11H2. The van der Waals surface area contributed by atoms with Crippen molar-refractivity contribution in [1.82, 2.24) is 10.3 Å². The summed E-state index contributed by atoms with van der Waals surface area (Å²) in [6, 6.07) is 10.3. The lowest BCUT2D eigenvalue weighted by atomic mass is 9.99. The molecule has 1 aliphatic heterocycles. The van der Waals surface area contributed by atoms with Gasteiger partial charge < -0.3 is 10.1 Å². The fourth-order valence-electron chi connectivity index (χ4n) is 2.45. The number of hydrogen-bond acceptors (Lipinski definition) is 3. The van der Waals surface area contributed by atoms with Gasteiger partial charge in [0.05, 0.1) is 6.61 Å². The molecule has 0 atom stereocenters. The van der Waals surface area contributed by atoms with Crippen LogP contribution in [-0.4, -0.2) is 24.7 Å². The number of aromatic nitrogens is 1.